The Hall–Kier alpha value is -1.56. The Bertz CT molecular complexity index is 499. The molecule has 22 heavy (non-hydrogen) atoms. The monoisotopic (exact) mass is 314 g/mol. The first-order valence-electron chi connectivity index (χ1n) is 7.60. The SMILES string of the molecule is NCCCC(=O)N1CCCCC1c1ccc(C(F)(F)F)cc1. The lowest BCUT2D eigenvalue weighted by Gasteiger charge is -2.36. The summed E-state index contributed by atoms with van der Waals surface area (Å²) in [5.74, 6) is 0.0371. The Morgan fingerprint density at radius 1 is 1.23 bits per heavy atom. The highest BCUT2D eigenvalue weighted by molar-refractivity contribution is 5.76. The average Bonchev–Trinajstić information content (AvgIpc) is 2.52. The first-order valence-corrected chi connectivity index (χ1v) is 7.60. The van der Waals surface area contributed by atoms with Gasteiger partial charge < -0.3 is 10.6 Å². The van der Waals surface area contributed by atoms with Gasteiger partial charge in [-0.3, -0.25) is 4.79 Å². The number of alkyl halides is 3. The van der Waals surface area contributed by atoms with E-state index in [-0.39, 0.29) is 11.9 Å². The maximum Gasteiger partial charge on any atom is 0.416 e. The second-order valence-electron chi connectivity index (χ2n) is 5.61. The second kappa shape index (κ2) is 7.13. The molecule has 1 aromatic carbocycles. The van der Waals surface area contributed by atoms with Gasteiger partial charge in [-0.05, 0) is 49.9 Å². The number of carbonyl (C=O) groups excluding carboxylic acids is 1. The molecule has 2 N–H and O–H groups in total. The van der Waals surface area contributed by atoms with Gasteiger partial charge in [0.25, 0.3) is 0 Å². The summed E-state index contributed by atoms with van der Waals surface area (Å²) in [5, 5.41) is 0. The molecule has 1 saturated heterocycles. The molecular formula is C16H21F3N2O. The van der Waals surface area contributed by atoms with Gasteiger partial charge in [0.15, 0.2) is 0 Å². The Morgan fingerprint density at radius 3 is 2.50 bits per heavy atom. The fraction of sp³-hybridized carbons (Fsp3) is 0.562. The lowest BCUT2D eigenvalue weighted by Crippen LogP contribution is -2.38. The first kappa shape index (κ1) is 16.8. The number of rotatable bonds is 4. The third-order valence-corrected chi connectivity index (χ3v) is 4.04. The van der Waals surface area contributed by atoms with Crippen LogP contribution >= 0.6 is 0 Å². The number of piperidine rings is 1. The molecule has 3 nitrogen and oxygen atoms in total. The van der Waals surface area contributed by atoms with E-state index >= 15 is 0 Å². The topological polar surface area (TPSA) is 46.3 Å². The van der Waals surface area contributed by atoms with E-state index in [1.807, 2.05) is 0 Å². The number of hydrogen-bond acceptors (Lipinski definition) is 2. The van der Waals surface area contributed by atoms with Crippen LogP contribution < -0.4 is 5.73 Å². The normalized spacial score (nSPS) is 19.3. The van der Waals surface area contributed by atoms with Gasteiger partial charge in [-0.1, -0.05) is 12.1 Å². The Kier molecular flexibility index (Phi) is 5.45. The Balaban J connectivity index is 2.15. The van der Waals surface area contributed by atoms with Crippen molar-refractivity contribution in [2.75, 3.05) is 13.1 Å². The van der Waals surface area contributed by atoms with Crippen LogP contribution in [0.5, 0.6) is 0 Å². The van der Waals surface area contributed by atoms with Gasteiger partial charge in [-0.25, -0.2) is 0 Å². The van der Waals surface area contributed by atoms with Crippen LogP contribution in [0.25, 0.3) is 0 Å². The quantitative estimate of drug-likeness (QED) is 0.924. The van der Waals surface area contributed by atoms with Crippen molar-refractivity contribution < 1.29 is 18.0 Å². The van der Waals surface area contributed by atoms with E-state index in [0.29, 0.717) is 25.9 Å². The summed E-state index contributed by atoms with van der Waals surface area (Å²) in [6.07, 6.45) is -0.595. The highest BCUT2D eigenvalue weighted by Crippen LogP contribution is 2.34. The molecule has 1 aliphatic rings. The predicted molar refractivity (Wildman–Crippen MR) is 78.0 cm³/mol. The van der Waals surface area contributed by atoms with E-state index in [4.69, 9.17) is 5.73 Å². The minimum absolute atomic E-state index is 0.0371. The molecule has 0 aliphatic carbocycles. The average molecular weight is 314 g/mol. The maximum absolute atomic E-state index is 12.6. The van der Waals surface area contributed by atoms with Gasteiger partial charge in [0.2, 0.25) is 5.91 Å². The fourth-order valence-corrected chi connectivity index (χ4v) is 2.87. The molecule has 1 amide bonds. The van der Waals surface area contributed by atoms with Crippen molar-refractivity contribution in [1.82, 2.24) is 4.90 Å². The molecule has 0 bridgehead atoms. The molecular weight excluding hydrogens is 293 g/mol. The lowest BCUT2D eigenvalue weighted by atomic mass is 9.94. The summed E-state index contributed by atoms with van der Waals surface area (Å²) in [6, 6.07) is 5.03. The van der Waals surface area contributed by atoms with Gasteiger partial charge in [0, 0.05) is 13.0 Å². The van der Waals surface area contributed by atoms with Gasteiger partial charge in [-0.2, -0.15) is 13.2 Å². The first-order chi connectivity index (χ1) is 10.4. The molecule has 1 heterocycles. The van der Waals surface area contributed by atoms with E-state index in [1.165, 1.54) is 12.1 Å². The summed E-state index contributed by atoms with van der Waals surface area (Å²) in [5.41, 5.74) is 5.55. The number of halogens is 3. The van der Waals surface area contributed by atoms with Crippen LogP contribution in [-0.4, -0.2) is 23.9 Å². The maximum atomic E-state index is 12.6. The van der Waals surface area contributed by atoms with Crippen LogP contribution in [0.15, 0.2) is 24.3 Å². The van der Waals surface area contributed by atoms with Crippen molar-refractivity contribution in [3.63, 3.8) is 0 Å². The highest BCUT2D eigenvalue weighted by atomic mass is 19.4. The highest BCUT2D eigenvalue weighted by Gasteiger charge is 2.31. The third-order valence-electron chi connectivity index (χ3n) is 4.04. The van der Waals surface area contributed by atoms with Crippen LogP contribution in [0.4, 0.5) is 13.2 Å². The van der Waals surface area contributed by atoms with Gasteiger partial charge in [0.1, 0.15) is 0 Å². The van der Waals surface area contributed by atoms with E-state index in [1.54, 1.807) is 4.90 Å². The van der Waals surface area contributed by atoms with E-state index in [9.17, 15) is 18.0 Å². The summed E-state index contributed by atoms with van der Waals surface area (Å²) in [4.78, 5) is 14.1. The number of nitrogens with two attached hydrogens (primary N) is 1. The van der Waals surface area contributed by atoms with Crippen LogP contribution in [-0.2, 0) is 11.0 Å². The van der Waals surface area contributed by atoms with Gasteiger partial charge >= 0.3 is 6.18 Å². The Morgan fingerprint density at radius 2 is 1.91 bits per heavy atom. The summed E-state index contributed by atoms with van der Waals surface area (Å²) in [6.45, 7) is 1.12. The number of nitrogens with zero attached hydrogens (tertiary/aromatic N) is 1. The van der Waals surface area contributed by atoms with Crippen molar-refractivity contribution in [3.05, 3.63) is 35.4 Å². The van der Waals surface area contributed by atoms with E-state index < -0.39 is 11.7 Å². The minimum atomic E-state index is -4.33. The standard InChI is InChI=1S/C16H21F3N2O/c17-16(18,19)13-8-6-12(7-9-13)14-4-1-2-11-21(14)15(22)5-3-10-20/h6-9,14H,1-5,10-11,20H2. The number of benzene rings is 1. The van der Waals surface area contributed by atoms with Crippen molar-refractivity contribution in [2.24, 2.45) is 5.73 Å². The summed E-state index contributed by atoms with van der Waals surface area (Å²) in [7, 11) is 0. The lowest BCUT2D eigenvalue weighted by molar-refractivity contribution is -0.138. The van der Waals surface area contributed by atoms with Crippen LogP contribution in [0.3, 0.4) is 0 Å². The molecule has 1 fully saturated rings. The van der Waals surface area contributed by atoms with Crippen LogP contribution in [0.2, 0.25) is 0 Å². The molecule has 0 saturated carbocycles. The zero-order valence-electron chi connectivity index (χ0n) is 12.4. The van der Waals surface area contributed by atoms with Crippen molar-refractivity contribution in [3.8, 4) is 0 Å². The van der Waals surface area contributed by atoms with Gasteiger partial charge in [-0.15, -0.1) is 0 Å². The van der Waals surface area contributed by atoms with Crippen LogP contribution in [0.1, 0.15) is 49.3 Å². The molecule has 0 spiro atoms. The minimum Gasteiger partial charge on any atom is -0.336 e. The molecule has 1 atom stereocenters. The molecule has 122 valence electrons. The van der Waals surface area contributed by atoms with Crippen molar-refractivity contribution in [1.29, 1.82) is 0 Å². The molecule has 0 radical (unpaired) electrons. The van der Waals surface area contributed by atoms with Crippen LogP contribution in [0, 0.1) is 0 Å². The summed E-state index contributed by atoms with van der Waals surface area (Å²) >= 11 is 0. The van der Waals surface area contributed by atoms with E-state index in [2.05, 4.69) is 0 Å². The second-order valence-corrected chi connectivity index (χ2v) is 5.61. The smallest absolute Gasteiger partial charge is 0.336 e. The molecule has 0 aromatic heterocycles. The zero-order chi connectivity index (χ0) is 16.2. The molecule has 6 heteroatoms. The van der Waals surface area contributed by atoms with Crippen molar-refractivity contribution in [2.45, 2.75) is 44.3 Å². The van der Waals surface area contributed by atoms with Crippen molar-refractivity contribution >= 4 is 5.91 Å². The van der Waals surface area contributed by atoms with Gasteiger partial charge in [0.05, 0.1) is 11.6 Å². The fourth-order valence-electron chi connectivity index (χ4n) is 2.87. The summed E-state index contributed by atoms with van der Waals surface area (Å²) < 4.78 is 37.9. The van der Waals surface area contributed by atoms with E-state index in [0.717, 1.165) is 37.0 Å². The number of likely N-dealkylation sites (tertiary alicyclic amines) is 1. The number of hydrogen-bond donors (Lipinski definition) is 1. The zero-order valence-corrected chi connectivity index (χ0v) is 12.4. The molecule has 1 unspecified atom stereocenters. The molecule has 2 rings (SSSR count). The Labute approximate surface area is 128 Å². The number of carbonyl (C=O) groups is 1. The third kappa shape index (κ3) is 4.00. The predicted octanol–water partition coefficient (Wildman–Crippen LogP) is 3.50. The largest absolute Gasteiger partial charge is 0.416 e. The molecule has 1 aromatic rings. The number of amides is 1. The molecule has 1 aliphatic heterocycles.